The highest BCUT2D eigenvalue weighted by Crippen LogP contribution is 2.65. The van der Waals surface area contributed by atoms with E-state index >= 15 is 0 Å². The minimum atomic E-state index is -0.589. The van der Waals surface area contributed by atoms with Crippen molar-refractivity contribution < 1.29 is 4.74 Å². The Kier molecular flexibility index (Phi) is 7.79. The van der Waals surface area contributed by atoms with Crippen LogP contribution in [-0.4, -0.2) is 0 Å². The molecule has 2 nitrogen and oxygen atoms in total. The zero-order valence-corrected chi connectivity index (χ0v) is 36.1. The van der Waals surface area contributed by atoms with Crippen LogP contribution in [0.25, 0.3) is 33.4 Å². The zero-order valence-electron chi connectivity index (χ0n) is 35.3. The van der Waals surface area contributed by atoms with Crippen molar-refractivity contribution in [1.29, 1.82) is 0 Å². The van der Waals surface area contributed by atoms with Crippen LogP contribution in [0.5, 0.6) is 11.5 Å². The molecular formula is C62H39NOS. The Bertz CT molecular complexity index is 3500. The summed E-state index contributed by atoms with van der Waals surface area (Å²) in [6.45, 7) is 0. The van der Waals surface area contributed by atoms with Crippen LogP contribution < -0.4 is 9.64 Å². The summed E-state index contributed by atoms with van der Waals surface area (Å²) < 4.78 is 6.72. The molecule has 0 bridgehead atoms. The van der Waals surface area contributed by atoms with Gasteiger partial charge in [-0.2, -0.15) is 0 Å². The first-order chi connectivity index (χ1) is 32.2. The average Bonchev–Trinajstić information content (AvgIpc) is 3.82. The Hall–Kier alpha value is -7.85. The van der Waals surface area contributed by atoms with Crippen molar-refractivity contribution in [3.63, 3.8) is 0 Å². The molecule has 0 atom stereocenters. The summed E-state index contributed by atoms with van der Waals surface area (Å²) in [6.07, 6.45) is 0. The van der Waals surface area contributed by atoms with E-state index in [-0.39, 0.29) is 0 Å². The van der Waals surface area contributed by atoms with Crippen molar-refractivity contribution in [1.82, 2.24) is 0 Å². The lowest BCUT2D eigenvalue weighted by Crippen LogP contribution is -2.32. The second-order valence-electron chi connectivity index (χ2n) is 17.5. The molecule has 0 aromatic heterocycles. The van der Waals surface area contributed by atoms with E-state index in [1.807, 2.05) is 11.8 Å². The van der Waals surface area contributed by atoms with Crippen molar-refractivity contribution >= 4 is 28.8 Å². The first-order valence-electron chi connectivity index (χ1n) is 22.4. The molecule has 2 heterocycles. The molecule has 0 saturated carbocycles. The fraction of sp³-hybridized carbons (Fsp3) is 0.0323. The number of anilines is 3. The van der Waals surface area contributed by atoms with Crippen molar-refractivity contribution in [3.8, 4) is 44.9 Å². The van der Waals surface area contributed by atoms with Crippen molar-refractivity contribution in [2.24, 2.45) is 0 Å². The van der Waals surface area contributed by atoms with Crippen molar-refractivity contribution in [3.05, 3.63) is 281 Å². The van der Waals surface area contributed by atoms with E-state index in [4.69, 9.17) is 4.74 Å². The fourth-order valence-corrected chi connectivity index (χ4v) is 13.1. The summed E-state index contributed by atoms with van der Waals surface area (Å²) in [7, 11) is 0. The van der Waals surface area contributed by atoms with Gasteiger partial charge in [0, 0.05) is 38.0 Å². The minimum Gasteiger partial charge on any atom is -0.457 e. The molecular weight excluding hydrogens is 807 g/mol. The molecule has 0 N–H and O–H groups in total. The summed E-state index contributed by atoms with van der Waals surface area (Å²) in [5.74, 6) is 1.78. The lowest BCUT2D eigenvalue weighted by molar-refractivity contribution is 0.436. The van der Waals surface area contributed by atoms with Crippen LogP contribution in [0, 0.1) is 0 Å². The molecule has 3 heteroatoms. The smallest absolute Gasteiger partial charge is 0.132 e. The molecule has 0 amide bonds. The number of nitrogens with zero attached hydrogens (tertiary/aromatic N) is 1. The Morgan fingerprint density at radius 3 is 1.43 bits per heavy atom. The van der Waals surface area contributed by atoms with Crippen LogP contribution >= 0.6 is 11.8 Å². The fourth-order valence-electron chi connectivity index (χ4n) is 11.9. The standard InChI is InChI=1S/C62H39NOS/c1-2-17-40(18-3-1)41-19-16-20-42(37-41)63(43-34-36-51-48(38-43)46-22-5-7-24-50(46)61(51)54-27-10-14-31-59(54)65-60-32-15-11-28-55(60)61)44-33-35-47-45-21-4-6-23-49(45)62(56(47)39-44)52-25-8-12-29-57(52)64-58-30-13-9-26-53(58)62/h1-39H. The zero-order chi connectivity index (χ0) is 42.7. The van der Waals surface area contributed by atoms with Gasteiger partial charge in [0.15, 0.2) is 0 Å². The third-order valence-corrected chi connectivity index (χ3v) is 15.5. The van der Waals surface area contributed by atoms with Crippen molar-refractivity contribution in [2.45, 2.75) is 20.6 Å². The molecule has 0 fully saturated rings. The van der Waals surface area contributed by atoms with Gasteiger partial charge in [-0.05, 0) is 127 Å². The molecule has 65 heavy (non-hydrogen) atoms. The number of para-hydroxylation sites is 2. The summed E-state index contributed by atoms with van der Waals surface area (Å²) in [5, 5.41) is 0. The van der Waals surface area contributed by atoms with E-state index in [0.717, 1.165) is 39.7 Å². The molecule has 0 saturated heterocycles. The predicted molar refractivity (Wildman–Crippen MR) is 265 cm³/mol. The largest absolute Gasteiger partial charge is 0.457 e. The Morgan fingerprint density at radius 1 is 0.292 bits per heavy atom. The van der Waals surface area contributed by atoms with Crippen LogP contribution in [0.4, 0.5) is 17.1 Å². The normalized spacial score (nSPS) is 14.5. The number of hydrogen-bond acceptors (Lipinski definition) is 3. The van der Waals surface area contributed by atoms with Crippen LogP contribution in [-0.2, 0) is 10.8 Å². The van der Waals surface area contributed by atoms with Crippen LogP contribution in [0.15, 0.2) is 246 Å². The number of ether oxygens (including phenoxy) is 1. The number of hydrogen-bond donors (Lipinski definition) is 0. The lowest BCUT2D eigenvalue weighted by atomic mass is 9.66. The summed E-state index contributed by atoms with van der Waals surface area (Å²) in [6, 6.07) is 87.5. The Labute approximate surface area is 383 Å². The van der Waals surface area contributed by atoms with E-state index < -0.39 is 10.8 Å². The van der Waals surface area contributed by atoms with Gasteiger partial charge in [0.25, 0.3) is 0 Å². The molecule has 0 unspecified atom stereocenters. The highest BCUT2D eigenvalue weighted by molar-refractivity contribution is 7.99. The molecule has 4 aliphatic rings. The maximum Gasteiger partial charge on any atom is 0.132 e. The highest BCUT2D eigenvalue weighted by atomic mass is 32.2. The highest BCUT2D eigenvalue weighted by Gasteiger charge is 2.52. The van der Waals surface area contributed by atoms with Crippen LogP contribution in [0.1, 0.15) is 44.5 Å². The predicted octanol–water partition coefficient (Wildman–Crippen LogP) is 16.1. The molecule has 10 aromatic carbocycles. The SMILES string of the molecule is c1ccc(-c2cccc(N(c3ccc4c(c3)-c3ccccc3C43c4ccccc4Sc4ccccc43)c3ccc4c(c3)C3(c5ccccc5Oc5ccccc53)c3ccccc3-4)c2)cc1. The van der Waals surface area contributed by atoms with Gasteiger partial charge in [-0.1, -0.05) is 188 Å². The van der Waals surface area contributed by atoms with Gasteiger partial charge in [0.05, 0.1) is 10.8 Å². The van der Waals surface area contributed by atoms with Gasteiger partial charge in [0.2, 0.25) is 0 Å². The molecule has 304 valence electrons. The maximum atomic E-state index is 6.72. The molecule has 2 aliphatic carbocycles. The molecule has 0 radical (unpaired) electrons. The Morgan fingerprint density at radius 2 is 0.754 bits per heavy atom. The van der Waals surface area contributed by atoms with Gasteiger partial charge < -0.3 is 9.64 Å². The molecule has 2 spiro atoms. The van der Waals surface area contributed by atoms with Gasteiger partial charge in [-0.3, -0.25) is 0 Å². The van der Waals surface area contributed by atoms with Crippen molar-refractivity contribution in [2.75, 3.05) is 4.90 Å². The number of rotatable bonds is 4. The second kappa shape index (κ2) is 13.8. The lowest BCUT2D eigenvalue weighted by Gasteiger charge is -2.40. The van der Waals surface area contributed by atoms with Gasteiger partial charge in [-0.25, -0.2) is 0 Å². The van der Waals surface area contributed by atoms with E-state index in [9.17, 15) is 0 Å². The quantitative estimate of drug-likeness (QED) is 0.175. The number of benzene rings is 10. The first-order valence-corrected chi connectivity index (χ1v) is 23.2. The molecule has 14 rings (SSSR count). The van der Waals surface area contributed by atoms with Crippen LogP contribution in [0.2, 0.25) is 0 Å². The maximum absolute atomic E-state index is 6.72. The summed E-state index contributed by atoms with van der Waals surface area (Å²) >= 11 is 1.88. The summed E-state index contributed by atoms with van der Waals surface area (Å²) in [5.41, 5.74) is 19.8. The Balaban J connectivity index is 1.04. The van der Waals surface area contributed by atoms with Gasteiger partial charge in [0.1, 0.15) is 11.5 Å². The summed E-state index contributed by atoms with van der Waals surface area (Å²) in [4.78, 5) is 5.09. The van der Waals surface area contributed by atoms with Crippen LogP contribution in [0.3, 0.4) is 0 Å². The monoisotopic (exact) mass is 845 g/mol. The van der Waals surface area contributed by atoms with Gasteiger partial charge in [-0.15, -0.1) is 0 Å². The molecule has 2 aliphatic heterocycles. The average molecular weight is 846 g/mol. The van der Waals surface area contributed by atoms with E-state index in [0.29, 0.717) is 0 Å². The van der Waals surface area contributed by atoms with Gasteiger partial charge >= 0.3 is 0 Å². The van der Waals surface area contributed by atoms with E-state index in [1.165, 1.54) is 76.6 Å². The second-order valence-corrected chi connectivity index (χ2v) is 18.6. The number of fused-ring (bicyclic) bond motifs is 18. The minimum absolute atomic E-state index is 0.448. The first kappa shape index (κ1) is 36.6. The van der Waals surface area contributed by atoms with E-state index in [1.54, 1.807) is 0 Å². The third kappa shape index (κ3) is 4.96. The molecule has 10 aromatic rings. The van der Waals surface area contributed by atoms with E-state index in [2.05, 4.69) is 241 Å². The topological polar surface area (TPSA) is 12.5 Å². The third-order valence-electron chi connectivity index (χ3n) is 14.4.